The molecular formula is C31H40Cl3N5O2. The van der Waals surface area contributed by atoms with Crippen LogP contribution in [-0.4, -0.2) is 61.1 Å². The minimum Gasteiger partial charge on any atom is -0.353 e. The zero-order valence-corrected chi connectivity index (χ0v) is 26.4. The number of halogens is 3. The predicted octanol–water partition coefficient (Wildman–Crippen LogP) is 5.47. The zero-order valence-electron chi connectivity index (χ0n) is 24.0. The molecule has 2 amide bonds. The summed E-state index contributed by atoms with van der Waals surface area (Å²) >= 11 is 6.10. The van der Waals surface area contributed by atoms with Crippen molar-refractivity contribution in [2.24, 2.45) is 0 Å². The summed E-state index contributed by atoms with van der Waals surface area (Å²) in [6, 6.07) is 22.4. The number of hydrazine groups is 1. The minimum absolute atomic E-state index is 0. The van der Waals surface area contributed by atoms with E-state index in [1.807, 2.05) is 71.4 Å². The first-order chi connectivity index (χ1) is 18.7. The van der Waals surface area contributed by atoms with Gasteiger partial charge in [0.25, 0.3) is 5.91 Å². The van der Waals surface area contributed by atoms with Crippen molar-refractivity contribution in [2.45, 2.75) is 39.9 Å². The van der Waals surface area contributed by atoms with Crippen LogP contribution in [0.2, 0.25) is 5.02 Å². The molecule has 1 aliphatic rings. The number of likely N-dealkylation sites (N-methyl/N-ethyl adjacent to an activating group) is 1. The van der Waals surface area contributed by atoms with Gasteiger partial charge in [-0.1, -0.05) is 74.0 Å². The van der Waals surface area contributed by atoms with E-state index in [4.69, 9.17) is 11.6 Å². The van der Waals surface area contributed by atoms with Crippen LogP contribution in [0.3, 0.4) is 0 Å². The van der Waals surface area contributed by atoms with Crippen molar-refractivity contribution in [2.75, 3.05) is 38.1 Å². The van der Waals surface area contributed by atoms with E-state index in [0.29, 0.717) is 37.2 Å². The Kier molecular flexibility index (Phi) is 13.4. The van der Waals surface area contributed by atoms with Gasteiger partial charge in [0.05, 0.1) is 13.1 Å². The van der Waals surface area contributed by atoms with Crippen molar-refractivity contribution in [3.05, 3.63) is 88.4 Å². The molecule has 0 aromatic heterocycles. The molecule has 0 radical (unpaired) electrons. The van der Waals surface area contributed by atoms with Crippen LogP contribution in [0.5, 0.6) is 0 Å². The molecule has 1 heterocycles. The second kappa shape index (κ2) is 16.0. The van der Waals surface area contributed by atoms with Gasteiger partial charge in [0.15, 0.2) is 0 Å². The topological polar surface area (TPSA) is 67.9 Å². The Hall–Kier alpha value is -2.81. The van der Waals surface area contributed by atoms with Crippen molar-refractivity contribution in [1.29, 1.82) is 0 Å². The average Bonchev–Trinajstić information content (AvgIpc) is 3.35. The fourth-order valence-electron chi connectivity index (χ4n) is 4.74. The van der Waals surface area contributed by atoms with Gasteiger partial charge in [-0.05, 0) is 52.9 Å². The highest BCUT2D eigenvalue weighted by Crippen LogP contribution is 2.29. The van der Waals surface area contributed by atoms with Gasteiger partial charge >= 0.3 is 0 Å². The molecule has 2 N–H and O–H groups in total. The largest absolute Gasteiger partial charge is 0.353 e. The Balaban J connectivity index is 0.00000294. The lowest BCUT2D eigenvalue weighted by Gasteiger charge is -2.32. The highest BCUT2D eigenvalue weighted by Gasteiger charge is 2.27. The van der Waals surface area contributed by atoms with Crippen LogP contribution in [0, 0.1) is 6.92 Å². The number of carbonyl (C=O) groups is 2. The Morgan fingerprint density at radius 1 is 0.902 bits per heavy atom. The van der Waals surface area contributed by atoms with Crippen LogP contribution in [0.15, 0.2) is 66.7 Å². The molecule has 0 saturated carbocycles. The fraction of sp³-hybridized carbons (Fsp3) is 0.355. The van der Waals surface area contributed by atoms with E-state index in [2.05, 4.69) is 36.6 Å². The number of benzene rings is 3. The van der Waals surface area contributed by atoms with Crippen LogP contribution in [-0.2, 0) is 22.7 Å². The van der Waals surface area contributed by atoms with Crippen LogP contribution in [0.1, 0.15) is 30.5 Å². The van der Waals surface area contributed by atoms with Gasteiger partial charge in [0, 0.05) is 50.0 Å². The molecule has 222 valence electrons. The zero-order chi connectivity index (χ0) is 27.9. The molecule has 3 aromatic rings. The summed E-state index contributed by atoms with van der Waals surface area (Å²) in [6.07, 6.45) is 0. The van der Waals surface area contributed by atoms with Gasteiger partial charge in [0.1, 0.15) is 0 Å². The number of fused-ring (bicyclic) bond motifs is 1. The van der Waals surface area contributed by atoms with Crippen LogP contribution < -0.4 is 15.5 Å². The van der Waals surface area contributed by atoms with E-state index in [9.17, 15) is 9.59 Å². The lowest BCUT2D eigenvalue weighted by atomic mass is 10.0. The van der Waals surface area contributed by atoms with Gasteiger partial charge in [-0.15, -0.1) is 24.8 Å². The number of hydrogen-bond donors (Lipinski definition) is 2. The maximum Gasteiger partial charge on any atom is 0.256 e. The number of rotatable bonds is 11. The van der Waals surface area contributed by atoms with Crippen molar-refractivity contribution in [3.8, 4) is 11.1 Å². The molecule has 10 heteroatoms. The van der Waals surface area contributed by atoms with Crippen molar-refractivity contribution < 1.29 is 9.59 Å². The summed E-state index contributed by atoms with van der Waals surface area (Å²) < 4.78 is 0. The molecule has 0 unspecified atom stereocenters. The number of nitrogens with one attached hydrogen (secondary N) is 2. The summed E-state index contributed by atoms with van der Waals surface area (Å²) in [5.41, 5.74) is 6.32. The lowest BCUT2D eigenvalue weighted by Crippen LogP contribution is -2.48. The summed E-state index contributed by atoms with van der Waals surface area (Å²) in [7, 11) is 1.81. The van der Waals surface area contributed by atoms with Gasteiger partial charge in [-0.2, -0.15) is 0 Å². The summed E-state index contributed by atoms with van der Waals surface area (Å²) in [6.45, 7) is 8.88. The number of anilines is 1. The van der Waals surface area contributed by atoms with Gasteiger partial charge in [0.2, 0.25) is 5.91 Å². The number of carbonyl (C=O) groups excluding carboxylic acids is 2. The van der Waals surface area contributed by atoms with Gasteiger partial charge < -0.3 is 15.5 Å². The monoisotopic (exact) mass is 619 g/mol. The maximum atomic E-state index is 13.6. The summed E-state index contributed by atoms with van der Waals surface area (Å²) in [5.74, 6) is -0.200. The van der Waals surface area contributed by atoms with E-state index in [0.717, 1.165) is 22.4 Å². The summed E-state index contributed by atoms with van der Waals surface area (Å²) in [4.78, 5) is 28.4. The molecule has 3 aromatic carbocycles. The minimum atomic E-state index is -0.124. The molecule has 0 bridgehead atoms. The van der Waals surface area contributed by atoms with Crippen LogP contribution >= 0.6 is 36.4 Å². The lowest BCUT2D eigenvalue weighted by molar-refractivity contribution is -0.145. The molecular weight excluding hydrogens is 581 g/mol. The van der Waals surface area contributed by atoms with Crippen molar-refractivity contribution >= 4 is 53.9 Å². The van der Waals surface area contributed by atoms with Gasteiger partial charge in [-0.25, -0.2) is 5.01 Å². The molecule has 1 aliphatic heterocycles. The van der Waals surface area contributed by atoms with E-state index < -0.39 is 0 Å². The first-order valence-corrected chi connectivity index (χ1v) is 13.8. The van der Waals surface area contributed by atoms with Crippen LogP contribution in [0.4, 0.5) is 5.69 Å². The summed E-state index contributed by atoms with van der Waals surface area (Å²) in [5, 5.41) is 10.7. The second-order valence-electron chi connectivity index (χ2n) is 10.3. The predicted molar refractivity (Wildman–Crippen MR) is 173 cm³/mol. The first-order valence-electron chi connectivity index (χ1n) is 13.4. The molecule has 0 atom stereocenters. The smallest absolute Gasteiger partial charge is 0.256 e. The molecule has 41 heavy (non-hydrogen) atoms. The molecule has 0 spiro atoms. The average molecular weight is 621 g/mol. The Morgan fingerprint density at radius 2 is 1.51 bits per heavy atom. The molecule has 0 saturated heterocycles. The Bertz CT molecular complexity index is 1280. The fourth-order valence-corrected chi connectivity index (χ4v) is 4.87. The van der Waals surface area contributed by atoms with E-state index in [1.54, 1.807) is 12.1 Å². The normalized spacial score (nSPS) is 12.2. The van der Waals surface area contributed by atoms with Crippen molar-refractivity contribution in [3.63, 3.8) is 0 Å². The van der Waals surface area contributed by atoms with E-state index >= 15 is 0 Å². The van der Waals surface area contributed by atoms with Crippen LogP contribution in [0.25, 0.3) is 11.1 Å². The quantitative estimate of drug-likeness (QED) is 0.279. The maximum absolute atomic E-state index is 13.6. The highest BCUT2D eigenvalue weighted by atomic mass is 35.5. The molecule has 0 fully saturated rings. The number of hydrogen-bond acceptors (Lipinski definition) is 5. The number of nitrogens with zero attached hydrogens (tertiary/aromatic N) is 3. The van der Waals surface area contributed by atoms with E-state index in [-0.39, 0.29) is 49.7 Å². The molecule has 7 nitrogen and oxygen atoms in total. The first kappa shape index (κ1) is 34.4. The number of aryl methyl sites for hydroxylation is 1. The molecule has 0 aliphatic carbocycles. The number of amides is 2. The second-order valence-corrected chi connectivity index (χ2v) is 10.8. The Morgan fingerprint density at radius 3 is 2.12 bits per heavy atom. The van der Waals surface area contributed by atoms with Gasteiger partial charge in [-0.3, -0.25) is 14.6 Å². The standard InChI is InChI=1S/C31H38ClN5O2.2ClH/c1-22(2)33-15-16-34-30(38)20-36(21-31(39)35(4)37-18-26-7-5-6-8-27(26)19-37)29-17-25(10-9-23(29)3)24-11-13-28(32)14-12-24;;/h5-14,17,22,33H,15-16,18-21H2,1-4H3,(H,34,38);2*1H. The van der Waals surface area contributed by atoms with E-state index in [1.165, 1.54) is 11.1 Å². The Labute approximate surface area is 261 Å². The third kappa shape index (κ3) is 9.35. The third-order valence-corrected chi connectivity index (χ3v) is 7.25. The highest BCUT2D eigenvalue weighted by molar-refractivity contribution is 6.30. The van der Waals surface area contributed by atoms with Crippen molar-refractivity contribution in [1.82, 2.24) is 20.7 Å². The SMILES string of the molecule is Cc1ccc(-c2ccc(Cl)cc2)cc1N(CC(=O)NCCNC(C)C)CC(=O)N(C)N1Cc2ccccc2C1.Cl.Cl. The molecule has 4 rings (SSSR count). The third-order valence-electron chi connectivity index (χ3n) is 7.00.